The fourth-order valence-electron chi connectivity index (χ4n) is 2.10. The molecule has 1 heterocycles. The molecule has 0 aromatic carbocycles. The molecule has 1 atom stereocenters. The maximum Gasteiger partial charge on any atom is 0.246 e. The van der Waals surface area contributed by atoms with Crippen molar-refractivity contribution in [2.75, 3.05) is 6.61 Å². The maximum atomic E-state index is 11.9. The van der Waals surface area contributed by atoms with Crippen LogP contribution in [0.4, 0.5) is 0 Å². The Hall–Kier alpha value is -0.830. The fraction of sp³-hybridized carbons (Fsp3) is 0.769. The summed E-state index contributed by atoms with van der Waals surface area (Å²) in [4.78, 5) is 17.4. The summed E-state index contributed by atoms with van der Waals surface area (Å²) in [6.07, 6.45) is 6.95. The maximum absolute atomic E-state index is 11.9. The smallest absolute Gasteiger partial charge is 0.246 e. The van der Waals surface area contributed by atoms with Gasteiger partial charge in [0.1, 0.15) is 0 Å². The van der Waals surface area contributed by atoms with E-state index < -0.39 is 0 Å². The van der Waals surface area contributed by atoms with Gasteiger partial charge in [-0.1, -0.05) is 11.6 Å². The van der Waals surface area contributed by atoms with Crippen LogP contribution in [0, 0.1) is 0 Å². The van der Waals surface area contributed by atoms with Crippen molar-refractivity contribution in [1.29, 1.82) is 0 Å². The first-order valence-corrected chi connectivity index (χ1v) is 6.25. The van der Waals surface area contributed by atoms with E-state index in [1.807, 2.05) is 13.8 Å². The molecule has 0 bridgehead atoms. The largest absolute Gasteiger partial charge is 0.273 e. The summed E-state index contributed by atoms with van der Waals surface area (Å²) in [6, 6.07) is 0.141. The molecule has 0 spiro atoms. The second-order valence-corrected chi connectivity index (χ2v) is 4.49. The van der Waals surface area contributed by atoms with Crippen molar-refractivity contribution in [3.05, 3.63) is 11.6 Å². The first-order chi connectivity index (χ1) is 7.65. The Balaban J connectivity index is 2.72. The number of rotatable bonds is 2. The molecule has 0 aromatic heterocycles. The van der Waals surface area contributed by atoms with Crippen molar-refractivity contribution in [3.63, 3.8) is 0 Å². The van der Waals surface area contributed by atoms with Crippen LogP contribution in [0.1, 0.15) is 52.9 Å². The Morgan fingerprint density at radius 3 is 2.94 bits per heavy atom. The van der Waals surface area contributed by atoms with Gasteiger partial charge in [-0.05, 0) is 46.5 Å². The minimum atomic E-state index is 0.129. The Morgan fingerprint density at radius 2 is 2.25 bits per heavy atom. The molecule has 92 valence electrons. The highest BCUT2D eigenvalue weighted by Gasteiger charge is 2.21. The number of hydrogen-bond donors (Lipinski definition) is 0. The molecule has 0 aromatic rings. The molecule has 0 saturated carbocycles. The van der Waals surface area contributed by atoms with Gasteiger partial charge in [-0.2, -0.15) is 0 Å². The van der Waals surface area contributed by atoms with Crippen molar-refractivity contribution in [2.45, 2.75) is 58.9 Å². The number of nitrogens with zero attached hydrogens (tertiary/aromatic N) is 1. The van der Waals surface area contributed by atoms with Crippen LogP contribution in [-0.2, 0) is 9.63 Å². The van der Waals surface area contributed by atoms with Gasteiger partial charge in [-0.25, -0.2) is 5.06 Å². The van der Waals surface area contributed by atoms with Crippen LogP contribution >= 0.6 is 0 Å². The summed E-state index contributed by atoms with van der Waals surface area (Å²) in [5.41, 5.74) is 1.35. The third kappa shape index (κ3) is 3.97. The zero-order valence-corrected chi connectivity index (χ0v) is 10.7. The highest BCUT2D eigenvalue weighted by Crippen LogP contribution is 2.17. The highest BCUT2D eigenvalue weighted by molar-refractivity contribution is 5.75. The van der Waals surface area contributed by atoms with Crippen molar-refractivity contribution in [1.82, 2.24) is 5.06 Å². The lowest BCUT2D eigenvalue weighted by atomic mass is 10.0. The molecule has 0 aliphatic carbocycles. The Kier molecular flexibility index (Phi) is 5.53. The highest BCUT2D eigenvalue weighted by atomic mass is 16.7. The second kappa shape index (κ2) is 6.69. The molecular formula is C13H23NO2. The number of carbonyl (C=O) groups is 1. The SMILES string of the molecule is CCON1C(=O)CCCC/C=C(/C)CC1C. The first-order valence-electron chi connectivity index (χ1n) is 6.25. The van der Waals surface area contributed by atoms with Gasteiger partial charge in [-0.3, -0.25) is 9.63 Å². The van der Waals surface area contributed by atoms with Gasteiger partial charge in [0.05, 0.1) is 12.6 Å². The van der Waals surface area contributed by atoms with Crippen molar-refractivity contribution in [3.8, 4) is 0 Å². The van der Waals surface area contributed by atoms with E-state index in [-0.39, 0.29) is 11.9 Å². The predicted molar refractivity (Wildman–Crippen MR) is 64.8 cm³/mol. The molecule has 0 fully saturated rings. The third-order valence-electron chi connectivity index (χ3n) is 2.87. The lowest BCUT2D eigenvalue weighted by Gasteiger charge is -2.28. The molecule has 1 rings (SSSR count). The number of hydrogen-bond acceptors (Lipinski definition) is 2. The summed E-state index contributed by atoms with van der Waals surface area (Å²) < 4.78 is 0. The van der Waals surface area contributed by atoms with Gasteiger partial charge in [0.2, 0.25) is 5.91 Å². The van der Waals surface area contributed by atoms with E-state index >= 15 is 0 Å². The minimum absolute atomic E-state index is 0.129. The monoisotopic (exact) mass is 225 g/mol. The van der Waals surface area contributed by atoms with Crippen LogP contribution in [0.15, 0.2) is 11.6 Å². The van der Waals surface area contributed by atoms with Crippen LogP contribution in [0.25, 0.3) is 0 Å². The lowest BCUT2D eigenvalue weighted by Crippen LogP contribution is -2.38. The normalized spacial score (nSPS) is 27.4. The second-order valence-electron chi connectivity index (χ2n) is 4.49. The topological polar surface area (TPSA) is 29.5 Å². The Bertz CT molecular complexity index is 261. The molecule has 1 unspecified atom stereocenters. The average molecular weight is 225 g/mol. The Labute approximate surface area is 98.4 Å². The van der Waals surface area contributed by atoms with Gasteiger partial charge < -0.3 is 0 Å². The van der Waals surface area contributed by atoms with Crippen LogP contribution in [0.5, 0.6) is 0 Å². The molecule has 1 amide bonds. The van der Waals surface area contributed by atoms with Gasteiger partial charge in [-0.15, -0.1) is 0 Å². The first kappa shape index (κ1) is 13.2. The Morgan fingerprint density at radius 1 is 1.50 bits per heavy atom. The zero-order valence-electron chi connectivity index (χ0n) is 10.7. The van der Waals surface area contributed by atoms with Crippen molar-refractivity contribution < 1.29 is 9.63 Å². The summed E-state index contributed by atoms with van der Waals surface area (Å²) in [5.74, 6) is 0.129. The molecule has 3 heteroatoms. The van der Waals surface area contributed by atoms with Gasteiger partial charge in [0.25, 0.3) is 0 Å². The summed E-state index contributed by atoms with van der Waals surface area (Å²) in [6.45, 7) is 6.65. The predicted octanol–water partition coefficient (Wildman–Crippen LogP) is 3.07. The zero-order chi connectivity index (χ0) is 12.0. The van der Waals surface area contributed by atoms with Gasteiger partial charge in [0, 0.05) is 6.42 Å². The van der Waals surface area contributed by atoms with E-state index in [1.165, 1.54) is 5.57 Å². The van der Waals surface area contributed by atoms with E-state index in [9.17, 15) is 4.79 Å². The summed E-state index contributed by atoms with van der Waals surface area (Å²) >= 11 is 0. The standard InChI is InChI=1S/C13H23NO2/c1-4-16-14-12(3)10-11(2)8-6-5-7-9-13(14)15/h8,12H,4-7,9-10H2,1-3H3/b11-8-. The van der Waals surface area contributed by atoms with Crippen LogP contribution in [-0.4, -0.2) is 23.6 Å². The molecule has 1 aliphatic heterocycles. The van der Waals surface area contributed by atoms with E-state index in [2.05, 4.69) is 13.0 Å². The van der Waals surface area contributed by atoms with E-state index in [4.69, 9.17) is 4.84 Å². The molecular weight excluding hydrogens is 202 g/mol. The minimum Gasteiger partial charge on any atom is -0.273 e. The fourth-order valence-corrected chi connectivity index (χ4v) is 2.10. The number of allylic oxidation sites excluding steroid dienone is 1. The molecule has 0 radical (unpaired) electrons. The lowest BCUT2D eigenvalue weighted by molar-refractivity contribution is -0.196. The quantitative estimate of drug-likeness (QED) is 0.676. The van der Waals surface area contributed by atoms with Crippen molar-refractivity contribution in [2.24, 2.45) is 0 Å². The number of amides is 1. The van der Waals surface area contributed by atoms with Crippen LogP contribution < -0.4 is 0 Å². The van der Waals surface area contributed by atoms with E-state index in [0.29, 0.717) is 13.0 Å². The van der Waals surface area contributed by atoms with Gasteiger partial charge >= 0.3 is 0 Å². The molecule has 0 N–H and O–H groups in total. The molecule has 3 nitrogen and oxygen atoms in total. The summed E-state index contributed by atoms with van der Waals surface area (Å²) in [5, 5.41) is 1.57. The van der Waals surface area contributed by atoms with Crippen LogP contribution in [0.3, 0.4) is 0 Å². The molecule has 1 aliphatic rings. The average Bonchev–Trinajstić information content (AvgIpc) is 2.23. The van der Waals surface area contributed by atoms with E-state index in [1.54, 1.807) is 5.06 Å². The van der Waals surface area contributed by atoms with Gasteiger partial charge in [0.15, 0.2) is 0 Å². The third-order valence-corrected chi connectivity index (χ3v) is 2.87. The molecule has 16 heavy (non-hydrogen) atoms. The number of hydroxylamine groups is 2. The number of carbonyl (C=O) groups excluding carboxylic acids is 1. The summed E-state index contributed by atoms with van der Waals surface area (Å²) in [7, 11) is 0. The van der Waals surface area contributed by atoms with E-state index in [0.717, 1.165) is 25.7 Å². The van der Waals surface area contributed by atoms with Crippen LogP contribution in [0.2, 0.25) is 0 Å². The molecule has 0 saturated heterocycles. The van der Waals surface area contributed by atoms with Crippen molar-refractivity contribution >= 4 is 5.91 Å².